The molecule has 0 spiro atoms. The van der Waals surface area contributed by atoms with E-state index in [4.69, 9.17) is 5.73 Å². The van der Waals surface area contributed by atoms with E-state index in [-0.39, 0.29) is 11.9 Å². The standard InChI is InChI=1S/C19H22N2O/c20-17-11-6-9-15(17)13-19(22)21-18-12-5-4-10-16(18)14-7-2-1-3-8-14/h1-5,7-8,10,12,15,17H,6,9,11,13,20H2,(H,21,22)/t15-,17+/m0/s1. The van der Waals surface area contributed by atoms with Crippen LogP contribution in [0.5, 0.6) is 0 Å². The predicted octanol–water partition coefficient (Wildman–Crippen LogP) is 3.81. The summed E-state index contributed by atoms with van der Waals surface area (Å²) in [5.41, 5.74) is 9.08. The zero-order valence-electron chi connectivity index (χ0n) is 12.7. The number of amides is 1. The Morgan fingerprint density at radius 3 is 2.50 bits per heavy atom. The van der Waals surface area contributed by atoms with Crippen LogP contribution in [0.25, 0.3) is 11.1 Å². The maximum absolute atomic E-state index is 12.3. The summed E-state index contributed by atoms with van der Waals surface area (Å²) in [4.78, 5) is 12.3. The summed E-state index contributed by atoms with van der Waals surface area (Å²) < 4.78 is 0. The third-order valence-corrected chi connectivity index (χ3v) is 4.45. The van der Waals surface area contributed by atoms with E-state index in [1.807, 2.05) is 42.5 Å². The topological polar surface area (TPSA) is 55.1 Å². The Labute approximate surface area is 131 Å². The number of carbonyl (C=O) groups is 1. The van der Waals surface area contributed by atoms with Crippen LogP contribution >= 0.6 is 0 Å². The Morgan fingerprint density at radius 2 is 1.77 bits per heavy atom. The van der Waals surface area contributed by atoms with Crippen molar-refractivity contribution in [3.63, 3.8) is 0 Å². The van der Waals surface area contributed by atoms with Crippen LogP contribution in [0.1, 0.15) is 25.7 Å². The summed E-state index contributed by atoms with van der Waals surface area (Å²) in [6.07, 6.45) is 3.76. The maximum Gasteiger partial charge on any atom is 0.224 e. The van der Waals surface area contributed by atoms with Gasteiger partial charge in [-0.2, -0.15) is 0 Å². The fourth-order valence-electron chi connectivity index (χ4n) is 3.22. The number of nitrogens with one attached hydrogen (secondary N) is 1. The number of benzene rings is 2. The fraction of sp³-hybridized carbons (Fsp3) is 0.316. The smallest absolute Gasteiger partial charge is 0.224 e. The molecule has 1 saturated carbocycles. The lowest BCUT2D eigenvalue weighted by Crippen LogP contribution is -2.28. The normalized spacial score (nSPS) is 20.8. The largest absolute Gasteiger partial charge is 0.327 e. The Hall–Kier alpha value is -2.13. The van der Waals surface area contributed by atoms with E-state index >= 15 is 0 Å². The van der Waals surface area contributed by atoms with Gasteiger partial charge in [-0.25, -0.2) is 0 Å². The maximum atomic E-state index is 12.3. The van der Waals surface area contributed by atoms with Crippen molar-refractivity contribution < 1.29 is 4.79 Å². The Balaban J connectivity index is 1.74. The average Bonchev–Trinajstić information content (AvgIpc) is 2.94. The molecule has 1 amide bonds. The highest BCUT2D eigenvalue weighted by atomic mass is 16.1. The number of nitrogens with two attached hydrogens (primary N) is 1. The first kappa shape index (κ1) is 14.8. The summed E-state index contributed by atoms with van der Waals surface area (Å²) in [5, 5.41) is 3.06. The van der Waals surface area contributed by atoms with Crippen LogP contribution in [0, 0.1) is 5.92 Å². The highest BCUT2D eigenvalue weighted by Crippen LogP contribution is 2.30. The van der Waals surface area contributed by atoms with E-state index in [2.05, 4.69) is 17.4 Å². The molecule has 0 aliphatic heterocycles. The Bertz CT molecular complexity index is 639. The van der Waals surface area contributed by atoms with Gasteiger partial charge in [-0.3, -0.25) is 4.79 Å². The molecule has 1 aliphatic carbocycles. The first-order chi connectivity index (χ1) is 10.7. The van der Waals surface area contributed by atoms with Crippen molar-refractivity contribution in [2.45, 2.75) is 31.7 Å². The van der Waals surface area contributed by atoms with E-state index in [0.29, 0.717) is 12.3 Å². The molecule has 0 heterocycles. The molecule has 0 unspecified atom stereocenters. The minimum atomic E-state index is 0.0609. The van der Waals surface area contributed by atoms with Gasteiger partial charge >= 0.3 is 0 Å². The first-order valence-electron chi connectivity index (χ1n) is 7.94. The number of carbonyl (C=O) groups excluding carboxylic acids is 1. The minimum absolute atomic E-state index is 0.0609. The van der Waals surface area contributed by atoms with Crippen molar-refractivity contribution in [2.75, 3.05) is 5.32 Å². The van der Waals surface area contributed by atoms with Crippen LogP contribution in [0.3, 0.4) is 0 Å². The summed E-state index contributed by atoms with van der Waals surface area (Å²) >= 11 is 0. The molecule has 3 heteroatoms. The third-order valence-electron chi connectivity index (χ3n) is 4.45. The zero-order valence-corrected chi connectivity index (χ0v) is 12.7. The van der Waals surface area contributed by atoms with Crippen LogP contribution in [0.15, 0.2) is 54.6 Å². The van der Waals surface area contributed by atoms with Gasteiger partial charge in [-0.1, -0.05) is 55.0 Å². The van der Waals surface area contributed by atoms with Crippen LogP contribution in [0.4, 0.5) is 5.69 Å². The van der Waals surface area contributed by atoms with E-state index < -0.39 is 0 Å². The quantitative estimate of drug-likeness (QED) is 0.901. The molecule has 3 N–H and O–H groups in total. The van der Waals surface area contributed by atoms with Crippen molar-refractivity contribution in [3.05, 3.63) is 54.6 Å². The van der Waals surface area contributed by atoms with Gasteiger partial charge in [0.15, 0.2) is 0 Å². The third kappa shape index (κ3) is 3.37. The van der Waals surface area contributed by atoms with Gasteiger partial charge in [0.2, 0.25) is 5.91 Å². The van der Waals surface area contributed by atoms with Gasteiger partial charge in [-0.15, -0.1) is 0 Å². The van der Waals surface area contributed by atoms with Crippen molar-refractivity contribution >= 4 is 11.6 Å². The lowest BCUT2D eigenvalue weighted by Gasteiger charge is -2.16. The van der Waals surface area contributed by atoms with Crippen molar-refractivity contribution in [2.24, 2.45) is 11.7 Å². The molecule has 3 rings (SSSR count). The minimum Gasteiger partial charge on any atom is -0.327 e. The molecule has 114 valence electrons. The lowest BCUT2D eigenvalue weighted by molar-refractivity contribution is -0.117. The molecular formula is C19H22N2O. The van der Waals surface area contributed by atoms with E-state index in [1.54, 1.807) is 0 Å². The summed E-state index contributed by atoms with van der Waals surface area (Å²) in [7, 11) is 0. The Kier molecular flexibility index (Phi) is 4.54. The van der Waals surface area contributed by atoms with Crippen molar-refractivity contribution in [1.82, 2.24) is 0 Å². The number of hydrogen-bond acceptors (Lipinski definition) is 2. The molecule has 0 bridgehead atoms. The number of para-hydroxylation sites is 1. The second kappa shape index (κ2) is 6.75. The van der Waals surface area contributed by atoms with E-state index in [9.17, 15) is 4.79 Å². The molecule has 0 saturated heterocycles. The van der Waals surface area contributed by atoms with Gasteiger partial charge in [0.05, 0.1) is 0 Å². The van der Waals surface area contributed by atoms with Crippen molar-refractivity contribution in [3.8, 4) is 11.1 Å². The zero-order chi connectivity index (χ0) is 15.4. The van der Waals surface area contributed by atoms with Crippen LogP contribution < -0.4 is 11.1 Å². The number of anilines is 1. The molecule has 2 aromatic rings. The molecule has 0 aromatic heterocycles. The van der Waals surface area contributed by atoms with Gasteiger partial charge in [0, 0.05) is 23.7 Å². The highest BCUT2D eigenvalue weighted by molar-refractivity contribution is 5.95. The fourth-order valence-corrected chi connectivity index (χ4v) is 3.22. The molecule has 22 heavy (non-hydrogen) atoms. The second-order valence-corrected chi connectivity index (χ2v) is 6.02. The summed E-state index contributed by atoms with van der Waals surface area (Å²) in [6.45, 7) is 0. The lowest BCUT2D eigenvalue weighted by atomic mass is 9.99. The van der Waals surface area contributed by atoms with Crippen molar-refractivity contribution in [1.29, 1.82) is 0 Å². The highest BCUT2D eigenvalue weighted by Gasteiger charge is 2.26. The van der Waals surface area contributed by atoms with Gasteiger partial charge in [0.1, 0.15) is 0 Å². The van der Waals surface area contributed by atoms with Gasteiger partial charge in [-0.05, 0) is 30.4 Å². The van der Waals surface area contributed by atoms with Gasteiger partial charge in [0.25, 0.3) is 0 Å². The number of hydrogen-bond donors (Lipinski definition) is 2. The predicted molar refractivity (Wildman–Crippen MR) is 90.4 cm³/mol. The Morgan fingerprint density at radius 1 is 1.05 bits per heavy atom. The number of rotatable bonds is 4. The van der Waals surface area contributed by atoms with Crippen LogP contribution in [-0.4, -0.2) is 11.9 Å². The molecule has 2 atom stereocenters. The molecule has 1 fully saturated rings. The first-order valence-corrected chi connectivity index (χ1v) is 7.94. The molecule has 1 aliphatic rings. The van der Waals surface area contributed by atoms with E-state index in [0.717, 1.165) is 36.1 Å². The summed E-state index contributed by atoms with van der Waals surface area (Å²) in [6, 6.07) is 18.2. The van der Waals surface area contributed by atoms with Crippen LogP contribution in [0.2, 0.25) is 0 Å². The monoisotopic (exact) mass is 294 g/mol. The van der Waals surface area contributed by atoms with Crippen LogP contribution in [-0.2, 0) is 4.79 Å². The second-order valence-electron chi connectivity index (χ2n) is 6.02. The van der Waals surface area contributed by atoms with E-state index in [1.165, 1.54) is 0 Å². The SMILES string of the molecule is N[C@@H]1CCC[C@H]1CC(=O)Nc1ccccc1-c1ccccc1. The molecule has 0 radical (unpaired) electrons. The molecule has 2 aromatic carbocycles. The molecule has 3 nitrogen and oxygen atoms in total. The summed E-state index contributed by atoms with van der Waals surface area (Å²) in [5.74, 6) is 0.384. The average molecular weight is 294 g/mol. The molecular weight excluding hydrogens is 272 g/mol. The van der Waals surface area contributed by atoms with Gasteiger partial charge < -0.3 is 11.1 Å².